The van der Waals surface area contributed by atoms with Crippen LogP contribution in [0.25, 0.3) is 33.1 Å². The van der Waals surface area contributed by atoms with Gasteiger partial charge in [-0.1, -0.05) is 35.5 Å². The largest absolute Gasteiger partial charge is 0.481 e. The van der Waals surface area contributed by atoms with Crippen LogP contribution < -0.4 is 0 Å². The number of nitrogens with zero attached hydrogens (tertiary/aromatic N) is 2. The number of benzene rings is 2. The molecular formula is C16H11ClN4O2S. The third-order valence-corrected chi connectivity index (χ3v) is 4.81. The van der Waals surface area contributed by atoms with Crippen molar-refractivity contribution in [1.29, 1.82) is 0 Å². The Morgan fingerprint density at radius 1 is 1.25 bits per heavy atom. The summed E-state index contributed by atoms with van der Waals surface area (Å²) in [5.41, 5.74) is 4.28. The summed E-state index contributed by atoms with van der Waals surface area (Å²) in [7, 11) is 0. The maximum Gasteiger partial charge on any atom is 0.313 e. The van der Waals surface area contributed by atoms with E-state index in [1.54, 1.807) is 12.3 Å². The van der Waals surface area contributed by atoms with Gasteiger partial charge in [0.1, 0.15) is 0 Å². The molecule has 0 aliphatic heterocycles. The van der Waals surface area contributed by atoms with Crippen molar-refractivity contribution in [3.8, 4) is 11.1 Å². The minimum Gasteiger partial charge on any atom is -0.481 e. The van der Waals surface area contributed by atoms with Crippen LogP contribution in [0.3, 0.4) is 0 Å². The molecule has 2 aromatic carbocycles. The minimum atomic E-state index is -0.882. The molecule has 0 bridgehead atoms. The second kappa shape index (κ2) is 5.85. The Kier molecular flexibility index (Phi) is 3.66. The van der Waals surface area contributed by atoms with Crippen molar-refractivity contribution in [2.24, 2.45) is 0 Å². The number of nitrogens with one attached hydrogen (secondary N) is 2. The first-order valence-corrected chi connectivity index (χ1v) is 8.44. The van der Waals surface area contributed by atoms with Crippen molar-refractivity contribution >= 4 is 51.3 Å². The van der Waals surface area contributed by atoms with E-state index in [2.05, 4.69) is 20.2 Å². The summed E-state index contributed by atoms with van der Waals surface area (Å²) in [5.74, 6) is -0.927. The highest BCUT2D eigenvalue weighted by Gasteiger charge is 2.11. The number of aliphatic carboxylic acids is 1. The Morgan fingerprint density at radius 3 is 2.96 bits per heavy atom. The Morgan fingerprint density at radius 2 is 2.12 bits per heavy atom. The normalized spacial score (nSPS) is 11.4. The van der Waals surface area contributed by atoms with Crippen molar-refractivity contribution < 1.29 is 9.90 Å². The van der Waals surface area contributed by atoms with Gasteiger partial charge in [-0.25, -0.2) is 4.98 Å². The second-order valence-electron chi connectivity index (χ2n) is 5.25. The van der Waals surface area contributed by atoms with Gasteiger partial charge in [-0.2, -0.15) is 5.10 Å². The van der Waals surface area contributed by atoms with Crippen LogP contribution in [0.1, 0.15) is 0 Å². The summed E-state index contributed by atoms with van der Waals surface area (Å²) in [6.07, 6.45) is 1.77. The van der Waals surface area contributed by atoms with Crippen LogP contribution in [0, 0.1) is 0 Å². The van der Waals surface area contributed by atoms with Crippen LogP contribution in [-0.4, -0.2) is 37.0 Å². The lowest BCUT2D eigenvalue weighted by Crippen LogP contribution is -1.97. The molecule has 8 heteroatoms. The monoisotopic (exact) mass is 358 g/mol. The fourth-order valence-corrected chi connectivity index (χ4v) is 3.41. The number of hydrogen-bond acceptors (Lipinski definition) is 4. The van der Waals surface area contributed by atoms with Gasteiger partial charge in [0.25, 0.3) is 0 Å². The minimum absolute atomic E-state index is 0.0447. The smallest absolute Gasteiger partial charge is 0.313 e. The molecule has 3 N–H and O–H groups in total. The molecule has 0 amide bonds. The zero-order chi connectivity index (χ0) is 16.7. The lowest BCUT2D eigenvalue weighted by Gasteiger charge is -2.05. The van der Waals surface area contributed by atoms with E-state index < -0.39 is 5.97 Å². The fraction of sp³-hybridized carbons (Fsp3) is 0.0625. The first-order chi connectivity index (χ1) is 11.6. The molecule has 0 saturated heterocycles. The van der Waals surface area contributed by atoms with E-state index in [9.17, 15) is 4.79 Å². The van der Waals surface area contributed by atoms with Crippen molar-refractivity contribution in [3.05, 3.63) is 41.6 Å². The molecule has 4 aromatic rings. The van der Waals surface area contributed by atoms with E-state index in [4.69, 9.17) is 16.7 Å². The maximum absolute atomic E-state index is 10.7. The van der Waals surface area contributed by atoms with E-state index in [0.29, 0.717) is 10.2 Å². The number of imidazole rings is 1. The zero-order valence-electron chi connectivity index (χ0n) is 12.2. The van der Waals surface area contributed by atoms with Crippen molar-refractivity contribution in [2.75, 3.05) is 5.75 Å². The molecule has 0 fully saturated rings. The predicted octanol–water partition coefficient (Wildman–Crippen LogP) is 3.94. The molecule has 2 heterocycles. The van der Waals surface area contributed by atoms with E-state index >= 15 is 0 Å². The van der Waals surface area contributed by atoms with Gasteiger partial charge in [-0.15, -0.1) is 0 Å². The molecule has 0 aliphatic rings. The molecule has 2 aromatic heterocycles. The number of thioether (sulfide) groups is 1. The zero-order valence-corrected chi connectivity index (χ0v) is 13.8. The number of halogens is 1. The van der Waals surface area contributed by atoms with Crippen molar-refractivity contribution in [2.45, 2.75) is 5.16 Å². The topological polar surface area (TPSA) is 94.7 Å². The summed E-state index contributed by atoms with van der Waals surface area (Å²) in [5, 5.41) is 17.9. The van der Waals surface area contributed by atoms with Crippen molar-refractivity contribution in [3.63, 3.8) is 0 Å². The third kappa shape index (κ3) is 2.72. The van der Waals surface area contributed by atoms with E-state index in [1.165, 1.54) is 0 Å². The van der Waals surface area contributed by atoms with Crippen LogP contribution in [-0.2, 0) is 4.79 Å². The lowest BCUT2D eigenvalue weighted by atomic mass is 10.0. The molecule has 0 radical (unpaired) electrons. The Balaban J connectivity index is 1.77. The highest BCUT2D eigenvalue weighted by atomic mass is 35.5. The Hall–Kier alpha value is -2.51. The lowest BCUT2D eigenvalue weighted by molar-refractivity contribution is -0.133. The molecule has 0 spiro atoms. The molecule has 0 saturated carbocycles. The van der Waals surface area contributed by atoms with Crippen LogP contribution >= 0.6 is 23.4 Å². The van der Waals surface area contributed by atoms with Gasteiger partial charge in [0.05, 0.1) is 33.5 Å². The molecule has 0 unspecified atom stereocenters. The molecule has 120 valence electrons. The molecule has 24 heavy (non-hydrogen) atoms. The number of carbonyl (C=O) groups is 1. The number of aromatic nitrogens is 4. The first-order valence-electron chi connectivity index (χ1n) is 7.07. The summed E-state index contributed by atoms with van der Waals surface area (Å²) in [4.78, 5) is 18.2. The Labute approximate surface area is 145 Å². The maximum atomic E-state index is 10.7. The van der Waals surface area contributed by atoms with Crippen LogP contribution in [0.5, 0.6) is 0 Å². The van der Waals surface area contributed by atoms with E-state index in [0.717, 1.165) is 44.8 Å². The second-order valence-corrected chi connectivity index (χ2v) is 6.62. The number of hydrogen-bond donors (Lipinski definition) is 3. The van der Waals surface area contributed by atoms with E-state index in [-0.39, 0.29) is 5.75 Å². The molecule has 6 nitrogen and oxygen atoms in total. The summed E-state index contributed by atoms with van der Waals surface area (Å²) >= 11 is 7.57. The first kappa shape index (κ1) is 15.0. The van der Waals surface area contributed by atoms with Gasteiger partial charge in [0, 0.05) is 10.9 Å². The fourth-order valence-electron chi connectivity index (χ4n) is 2.53. The summed E-state index contributed by atoms with van der Waals surface area (Å²) < 4.78 is 0. The third-order valence-electron chi connectivity index (χ3n) is 3.63. The van der Waals surface area contributed by atoms with Gasteiger partial charge >= 0.3 is 5.97 Å². The van der Waals surface area contributed by atoms with Crippen LogP contribution in [0.15, 0.2) is 41.7 Å². The van der Waals surface area contributed by atoms with Gasteiger partial charge in [-0.05, 0) is 23.8 Å². The molecule has 4 rings (SSSR count). The molecule has 0 aliphatic carbocycles. The number of fused-ring (bicyclic) bond motifs is 2. The van der Waals surface area contributed by atoms with Crippen molar-refractivity contribution in [1.82, 2.24) is 20.2 Å². The van der Waals surface area contributed by atoms with E-state index in [1.807, 2.05) is 24.3 Å². The summed E-state index contributed by atoms with van der Waals surface area (Å²) in [6, 6.07) is 9.66. The molecule has 0 atom stereocenters. The predicted molar refractivity (Wildman–Crippen MR) is 94.6 cm³/mol. The standard InChI is InChI=1S/C16H11ClN4O2S/c17-11-5-14-13(19-16(20-14)24-7-15(22)23)4-10(11)8-1-2-9-6-18-21-12(9)3-8/h1-6H,7H2,(H,18,21)(H,19,20)(H,22,23). The number of rotatable bonds is 4. The highest BCUT2D eigenvalue weighted by molar-refractivity contribution is 7.99. The molecular weight excluding hydrogens is 348 g/mol. The average molecular weight is 359 g/mol. The van der Waals surface area contributed by atoms with Gasteiger partial charge in [0.15, 0.2) is 5.16 Å². The number of carboxylic acids is 1. The Bertz CT molecular complexity index is 1070. The number of aromatic amines is 2. The van der Waals surface area contributed by atoms with Gasteiger partial charge < -0.3 is 10.1 Å². The van der Waals surface area contributed by atoms with Gasteiger partial charge in [0.2, 0.25) is 0 Å². The van der Waals surface area contributed by atoms with Crippen LogP contribution in [0.2, 0.25) is 5.02 Å². The number of H-pyrrole nitrogens is 2. The summed E-state index contributed by atoms with van der Waals surface area (Å²) in [6.45, 7) is 0. The quantitative estimate of drug-likeness (QED) is 0.480. The average Bonchev–Trinajstić information content (AvgIpc) is 3.17. The SMILES string of the molecule is O=C(O)CSc1nc2cc(-c3ccc4cn[nH]c4c3)c(Cl)cc2[nH]1. The van der Waals surface area contributed by atoms with Gasteiger partial charge in [-0.3, -0.25) is 9.89 Å². The number of carboxylic acid groups (broad SMARTS) is 1. The highest BCUT2D eigenvalue weighted by Crippen LogP contribution is 2.33. The van der Waals surface area contributed by atoms with Crippen LogP contribution in [0.4, 0.5) is 0 Å².